The van der Waals surface area contributed by atoms with Gasteiger partial charge in [0.2, 0.25) is 11.9 Å². The number of rotatable bonds is 10. The number of aryl methyl sites for hydroxylation is 1. The predicted molar refractivity (Wildman–Crippen MR) is 207 cm³/mol. The lowest BCUT2D eigenvalue weighted by molar-refractivity contribution is 0.513. The summed E-state index contributed by atoms with van der Waals surface area (Å²) in [5.41, 5.74) is 12.1. The van der Waals surface area contributed by atoms with Gasteiger partial charge in [0, 0.05) is 18.0 Å². The molecule has 256 valence electrons. The molecule has 0 aliphatic carbocycles. The molecule has 9 nitrogen and oxygen atoms in total. The van der Waals surface area contributed by atoms with Crippen LogP contribution in [0.15, 0.2) is 146 Å². The Kier molecular flexibility index (Phi) is 8.88. The van der Waals surface area contributed by atoms with Crippen molar-refractivity contribution < 1.29 is 0 Å². The Bertz CT molecular complexity index is 2390. The van der Waals surface area contributed by atoms with Crippen molar-refractivity contribution >= 4 is 40.6 Å². The summed E-state index contributed by atoms with van der Waals surface area (Å²) < 4.78 is 4.16. The first-order valence-electron chi connectivity index (χ1n) is 16.8. The predicted octanol–water partition coefficient (Wildman–Crippen LogP) is 8.82. The number of hydrogen-bond donors (Lipinski definition) is 2. The second-order valence-electron chi connectivity index (χ2n) is 12.5. The summed E-state index contributed by atoms with van der Waals surface area (Å²) in [5.74, 6) is 1.65. The summed E-state index contributed by atoms with van der Waals surface area (Å²) in [6.45, 7) is 1.94. The zero-order valence-corrected chi connectivity index (χ0v) is 29.6. The van der Waals surface area contributed by atoms with E-state index >= 15 is 0 Å². The first-order valence-corrected chi connectivity index (χ1v) is 17.5. The minimum Gasteiger partial charge on any atom is -0.368 e. The van der Waals surface area contributed by atoms with Crippen molar-refractivity contribution in [2.45, 2.75) is 24.9 Å². The van der Waals surface area contributed by atoms with Gasteiger partial charge in [-0.3, -0.25) is 0 Å². The minimum atomic E-state index is -0.748. The molecule has 4 aromatic heterocycles. The third-order valence-corrected chi connectivity index (χ3v) is 10.2. The van der Waals surface area contributed by atoms with Crippen molar-refractivity contribution in [2.75, 3.05) is 11.1 Å². The van der Waals surface area contributed by atoms with Gasteiger partial charge in [-0.25, -0.2) is 9.97 Å². The average Bonchev–Trinajstić information content (AvgIpc) is 3.82. The number of hydrogen-bond acceptors (Lipinski definition) is 7. The molecule has 0 amide bonds. The minimum absolute atomic E-state index is 0.0799. The van der Waals surface area contributed by atoms with E-state index in [0.717, 1.165) is 44.9 Å². The van der Waals surface area contributed by atoms with Crippen LogP contribution in [0.5, 0.6) is 0 Å². The van der Waals surface area contributed by atoms with Crippen molar-refractivity contribution in [3.63, 3.8) is 0 Å². The Labute approximate surface area is 310 Å². The summed E-state index contributed by atoms with van der Waals surface area (Å²) >= 11 is 13.3. The van der Waals surface area contributed by atoms with E-state index in [9.17, 15) is 0 Å². The van der Waals surface area contributed by atoms with Crippen LogP contribution in [0.25, 0.3) is 16.9 Å². The molecule has 1 atom stereocenters. The summed E-state index contributed by atoms with van der Waals surface area (Å²) in [6, 6.07) is 40.5. The second-order valence-corrected chi connectivity index (χ2v) is 13.3. The van der Waals surface area contributed by atoms with Crippen molar-refractivity contribution in [1.29, 1.82) is 0 Å². The van der Waals surface area contributed by atoms with Gasteiger partial charge in [0.05, 0.1) is 39.8 Å². The SMILES string of the molecule is Cc1ncc2ccc(-c3nc(N)nc(NC(Cc4cccc(Cl)c4Cl)c4cn(C(c5ccccc5)(c5ccccc5)c5ccccc5)cn4)n3)cn12. The van der Waals surface area contributed by atoms with Gasteiger partial charge < -0.3 is 20.0 Å². The number of halogens is 2. The molecule has 3 N–H and O–H groups in total. The van der Waals surface area contributed by atoms with Crippen molar-refractivity contribution in [3.05, 3.63) is 190 Å². The van der Waals surface area contributed by atoms with E-state index in [2.05, 4.69) is 104 Å². The van der Waals surface area contributed by atoms with Crippen LogP contribution >= 0.6 is 23.2 Å². The lowest BCUT2D eigenvalue weighted by Gasteiger charge is -2.37. The molecular formula is C41H33Cl2N9. The van der Waals surface area contributed by atoms with Gasteiger partial charge in [0.1, 0.15) is 11.4 Å². The van der Waals surface area contributed by atoms with E-state index in [1.165, 1.54) is 0 Å². The first-order chi connectivity index (χ1) is 25.4. The number of anilines is 2. The van der Waals surface area contributed by atoms with Crippen LogP contribution in [0.3, 0.4) is 0 Å². The molecule has 0 bridgehead atoms. The number of nitrogens with two attached hydrogens (primary N) is 1. The number of nitrogens with one attached hydrogen (secondary N) is 1. The normalized spacial score (nSPS) is 12.2. The van der Waals surface area contributed by atoms with E-state index in [4.69, 9.17) is 38.9 Å². The number of benzene rings is 4. The Balaban J connectivity index is 1.26. The molecule has 8 rings (SSSR count). The van der Waals surface area contributed by atoms with Crippen LogP contribution in [0.2, 0.25) is 10.0 Å². The highest BCUT2D eigenvalue weighted by Gasteiger charge is 2.39. The highest BCUT2D eigenvalue weighted by Crippen LogP contribution is 2.41. The molecule has 11 heteroatoms. The smallest absolute Gasteiger partial charge is 0.228 e. The molecule has 4 heterocycles. The number of fused-ring (bicyclic) bond motifs is 1. The van der Waals surface area contributed by atoms with Crippen molar-refractivity contribution in [3.8, 4) is 11.4 Å². The maximum atomic E-state index is 6.77. The Morgan fingerprint density at radius 1 is 0.731 bits per heavy atom. The van der Waals surface area contributed by atoms with Gasteiger partial charge in [-0.15, -0.1) is 0 Å². The van der Waals surface area contributed by atoms with Crippen LogP contribution in [-0.4, -0.2) is 33.9 Å². The summed E-state index contributed by atoms with van der Waals surface area (Å²) in [6.07, 6.45) is 8.14. The second kappa shape index (κ2) is 13.9. The van der Waals surface area contributed by atoms with E-state index in [0.29, 0.717) is 28.2 Å². The molecule has 0 radical (unpaired) electrons. The molecule has 0 spiro atoms. The molecule has 0 saturated heterocycles. The molecule has 0 fully saturated rings. The first kappa shape index (κ1) is 33.1. The monoisotopic (exact) mass is 721 g/mol. The molecule has 4 aromatic carbocycles. The maximum Gasteiger partial charge on any atom is 0.228 e. The van der Waals surface area contributed by atoms with Crippen LogP contribution in [0.1, 0.15) is 39.8 Å². The third kappa shape index (κ3) is 6.14. The largest absolute Gasteiger partial charge is 0.368 e. The number of aromatic nitrogens is 7. The molecule has 8 aromatic rings. The lowest BCUT2D eigenvalue weighted by Crippen LogP contribution is -2.37. The average molecular weight is 723 g/mol. The molecule has 52 heavy (non-hydrogen) atoms. The van der Waals surface area contributed by atoms with E-state index in [1.54, 1.807) is 6.07 Å². The zero-order valence-electron chi connectivity index (χ0n) is 28.1. The Hall–Kier alpha value is -6.03. The number of pyridine rings is 1. The van der Waals surface area contributed by atoms with E-state index in [1.807, 2.05) is 72.5 Å². The topological polar surface area (TPSA) is 112 Å². The van der Waals surface area contributed by atoms with Crippen LogP contribution in [0.4, 0.5) is 11.9 Å². The highest BCUT2D eigenvalue weighted by molar-refractivity contribution is 6.42. The Morgan fingerprint density at radius 2 is 1.38 bits per heavy atom. The maximum absolute atomic E-state index is 6.77. The van der Waals surface area contributed by atoms with Crippen molar-refractivity contribution in [1.82, 2.24) is 33.9 Å². The summed E-state index contributed by atoms with van der Waals surface area (Å²) in [5, 5.41) is 4.47. The highest BCUT2D eigenvalue weighted by atomic mass is 35.5. The van der Waals surface area contributed by atoms with Gasteiger partial charge in [0.25, 0.3) is 0 Å². The van der Waals surface area contributed by atoms with Crippen LogP contribution in [-0.2, 0) is 12.0 Å². The molecule has 0 aliphatic heterocycles. The Morgan fingerprint density at radius 3 is 2.04 bits per heavy atom. The molecule has 0 saturated carbocycles. The van der Waals surface area contributed by atoms with Gasteiger partial charge in [0.15, 0.2) is 5.82 Å². The fourth-order valence-electron chi connectivity index (χ4n) is 6.84. The lowest BCUT2D eigenvalue weighted by atomic mass is 9.77. The standard InChI is InChI=1S/C41H33Cl2N9/c1-27-45-23-33-21-20-29(24-52(27)33)38-48-39(44)50-40(49-38)47-35(22-28-12-11-19-34(42)37(28)43)36-25-51(26-46-36)41(30-13-5-2-6-14-30,31-15-7-3-8-16-31)32-17-9-4-10-18-32/h2-21,23-26,35H,22H2,1H3,(H3,44,47,48,49,50). The fourth-order valence-corrected chi connectivity index (χ4v) is 7.23. The van der Waals surface area contributed by atoms with Crippen LogP contribution < -0.4 is 11.1 Å². The third-order valence-electron chi connectivity index (χ3n) is 9.30. The van der Waals surface area contributed by atoms with Gasteiger partial charge in [-0.1, -0.05) is 126 Å². The number of nitrogen functional groups attached to an aromatic ring is 1. The van der Waals surface area contributed by atoms with E-state index in [-0.39, 0.29) is 5.95 Å². The molecular weight excluding hydrogens is 689 g/mol. The zero-order chi connectivity index (χ0) is 35.7. The van der Waals surface area contributed by atoms with Gasteiger partial charge in [-0.2, -0.15) is 15.0 Å². The van der Waals surface area contributed by atoms with Gasteiger partial charge in [-0.05, 0) is 53.8 Å². The quantitative estimate of drug-likeness (QED) is 0.136. The van der Waals surface area contributed by atoms with Crippen molar-refractivity contribution in [2.24, 2.45) is 0 Å². The molecule has 1 unspecified atom stereocenters. The molecule has 0 aliphatic rings. The van der Waals surface area contributed by atoms with Crippen LogP contribution in [0, 0.1) is 6.92 Å². The summed E-state index contributed by atoms with van der Waals surface area (Å²) in [7, 11) is 0. The summed E-state index contributed by atoms with van der Waals surface area (Å²) in [4.78, 5) is 23.3. The van der Waals surface area contributed by atoms with Gasteiger partial charge >= 0.3 is 0 Å². The fraction of sp³-hybridized carbons (Fsp3) is 0.0976. The van der Waals surface area contributed by atoms with E-state index < -0.39 is 11.6 Å². The number of nitrogens with zero attached hydrogens (tertiary/aromatic N) is 7. The number of imidazole rings is 2.